The molecule has 0 unspecified atom stereocenters. The third-order valence-electron chi connectivity index (χ3n) is 5.08. The lowest BCUT2D eigenvalue weighted by Crippen LogP contribution is -2.43. The number of nitrogens with zero attached hydrogens (tertiary/aromatic N) is 4. The van der Waals surface area contributed by atoms with Crippen LogP contribution in [0.4, 0.5) is 4.39 Å². The van der Waals surface area contributed by atoms with Crippen LogP contribution in [-0.2, 0) is 21.2 Å². The Hall–Kier alpha value is -2.81. The lowest BCUT2D eigenvalue weighted by atomic mass is 10.1. The van der Waals surface area contributed by atoms with E-state index in [1.54, 1.807) is 9.58 Å². The number of piperidine rings is 1. The average molecular weight is 402 g/mol. The van der Waals surface area contributed by atoms with Crippen molar-refractivity contribution in [2.24, 2.45) is 0 Å². The van der Waals surface area contributed by atoms with Crippen LogP contribution < -0.4 is 0 Å². The fraction of sp³-hybridized carbons (Fsp3) is 0.316. The number of carbonyl (C=O) groups is 1. The standard InChI is InChI=1S/C19H19FN4O3S/c20-14-5-7-15(8-6-14)28(26,27)16-9-11-23(12-10-16)19(25)13-24-18-4-2-1-3-17(18)21-22-24/h1-8,16H,9-13H2. The molecule has 4 rings (SSSR count). The van der Waals surface area contributed by atoms with Crippen molar-refractivity contribution in [1.29, 1.82) is 0 Å². The molecule has 1 fully saturated rings. The Morgan fingerprint density at radius 1 is 1.07 bits per heavy atom. The molecule has 0 aliphatic carbocycles. The Kier molecular flexibility index (Phi) is 4.84. The van der Waals surface area contributed by atoms with E-state index < -0.39 is 20.9 Å². The Morgan fingerprint density at radius 3 is 2.46 bits per heavy atom. The fourth-order valence-corrected chi connectivity index (χ4v) is 5.23. The second kappa shape index (κ2) is 7.31. The minimum Gasteiger partial charge on any atom is -0.341 e. The number of rotatable bonds is 4. The summed E-state index contributed by atoms with van der Waals surface area (Å²) in [6.07, 6.45) is 0.701. The predicted octanol–water partition coefficient (Wildman–Crippen LogP) is 2.04. The first-order chi connectivity index (χ1) is 13.4. The first-order valence-electron chi connectivity index (χ1n) is 9.00. The molecule has 0 spiro atoms. The van der Waals surface area contributed by atoms with E-state index in [0.29, 0.717) is 25.9 Å². The van der Waals surface area contributed by atoms with Gasteiger partial charge in [0.15, 0.2) is 9.84 Å². The lowest BCUT2D eigenvalue weighted by molar-refractivity contribution is -0.132. The highest BCUT2D eigenvalue weighted by Gasteiger charge is 2.32. The number of likely N-dealkylation sites (tertiary alicyclic amines) is 1. The number of sulfone groups is 1. The predicted molar refractivity (Wildman–Crippen MR) is 101 cm³/mol. The zero-order valence-electron chi connectivity index (χ0n) is 15.0. The Balaban J connectivity index is 1.41. The van der Waals surface area contributed by atoms with Gasteiger partial charge >= 0.3 is 0 Å². The summed E-state index contributed by atoms with van der Waals surface area (Å²) in [5.41, 5.74) is 1.50. The van der Waals surface area contributed by atoms with Crippen molar-refractivity contribution in [2.75, 3.05) is 13.1 Å². The number of hydrogen-bond acceptors (Lipinski definition) is 5. The van der Waals surface area contributed by atoms with Gasteiger partial charge in [-0.05, 0) is 49.2 Å². The van der Waals surface area contributed by atoms with E-state index in [2.05, 4.69) is 10.3 Å². The van der Waals surface area contributed by atoms with Crippen molar-refractivity contribution in [3.8, 4) is 0 Å². The summed E-state index contributed by atoms with van der Waals surface area (Å²) in [6, 6.07) is 12.3. The maximum absolute atomic E-state index is 13.1. The SMILES string of the molecule is O=C(Cn1nnc2ccccc21)N1CCC(S(=O)(=O)c2ccc(F)cc2)CC1. The van der Waals surface area contributed by atoms with E-state index in [0.717, 1.165) is 23.2 Å². The number of para-hydroxylation sites is 1. The van der Waals surface area contributed by atoms with Crippen molar-refractivity contribution in [3.63, 3.8) is 0 Å². The molecule has 1 saturated heterocycles. The second-order valence-electron chi connectivity index (χ2n) is 6.81. The van der Waals surface area contributed by atoms with Crippen molar-refractivity contribution < 1.29 is 17.6 Å². The van der Waals surface area contributed by atoms with Crippen LogP contribution in [0.1, 0.15) is 12.8 Å². The van der Waals surface area contributed by atoms with E-state index in [4.69, 9.17) is 0 Å². The van der Waals surface area contributed by atoms with Crippen LogP contribution in [0.15, 0.2) is 53.4 Å². The minimum atomic E-state index is -3.54. The summed E-state index contributed by atoms with van der Waals surface area (Å²) in [7, 11) is -3.54. The smallest absolute Gasteiger partial charge is 0.244 e. The molecule has 0 bridgehead atoms. The molecule has 9 heteroatoms. The molecule has 1 aromatic heterocycles. The Morgan fingerprint density at radius 2 is 1.75 bits per heavy atom. The van der Waals surface area contributed by atoms with Crippen molar-refractivity contribution in [2.45, 2.75) is 29.5 Å². The van der Waals surface area contributed by atoms with Gasteiger partial charge in [0.25, 0.3) is 0 Å². The van der Waals surface area contributed by atoms with Crippen molar-refractivity contribution >= 4 is 26.8 Å². The van der Waals surface area contributed by atoms with Crippen LogP contribution in [0.2, 0.25) is 0 Å². The third kappa shape index (κ3) is 3.49. The van der Waals surface area contributed by atoms with Gasteiger partial charge in [0.1, 0.15) is 17.9 Å². The van der Waals surface area contributed by atoms with Gasteiger partial charge in [-0.3, -0.25) is 4.79 Å². The molecule has 2 heterocycles. The van der Waals surface area contributed by atoms with E-state index in [1.165, 1.54) is 12.1 Å². The zero-order chi connectivity index (χ0) is 19.7. The van der Waals surface area contributed by atoms with Crippen LogP contribution in [-0.4, -0.2) is 52.6 Å². The Bertz CT molecular complexity index is 1100. The van der Waals surface area contributed by atoms with Crippen LogP contribution in [0.5, 0.6) is 0 Å². The fourth-order valence-electron chi connectivity index (χ4n) is 3.49. The quantitative estimate of drug-likeness (QED) is 0.624. The number of benzene rings is 2. The molecule has 0 N–H and O–H groups in total. The minimum absolute atomic E-state index is 0.0654. The molecule has 2 aromatic carbocycles. The van der Waals surface area contributed by atoms with Gasteiger partial charge < -0.3 is 4.90 Å². The highest BCUT2D eigenvalue weighted by Crippen LogP contribution is 2.25. The third-order valence-corrected chi connectivity index (χ3v) is 7.36. The highest BCUT2D eigenvalue weighted by atomic mass is 32.2. The topological polar surface area (TPSA) is 85.2 Å². The Labute approximate surface area is 161 Å². The van der Waals surface area contributed by atoms with Crippen LogP contribution in [0.3, 0.4) is 0 Å². The molecule has 1 aliphatic heterocycles. The van der Waals surface area contributed by atoms with Gasteiger partial charge in [-0.2, -0.15) is 0 Å². The van der Waals surface area contributed by atoms with Gasteiger partial charge in [-0.1, -0.05) is 17.3 Å². The molecule has 0 radical (unpaired) electrons. The largest absolute Gasteiger partial charge is 0.341 e. The van der Waals surface area contributed by atoms with Crippen LogP contribution in [0.25, 0.3) is 11.0 Å². The molecule has 146 valence electrons. The van der Waals surface area contributed by atoms with Gasteiger partial charge in [0.05, 0.1) is 15.7 Å². The van der Waals surface area contributed by atoms with Gasteiger partial charge in [0.2, 0.25) is 5.91 Å². The summed E-state index contributed by atoms with van der Waals surface area (Å²) < 4.78 is 40.1. The second-order valence-corrected chi connectivity index (χ2v) is 9.04. The van der Waals surface area contributed by atoms with Gasteiger partial charge in [0, 0.05) is 13.1 Å². The molecule has 1 amide bonds. The highest BCUT2D eigenvalue weighted by molar-refractivity contribution is 7.92. The van der Waals surface area contributed by atoms with E-state index in [9.17, 15) is 17.6 Å². The molecule has 1 aliphatic rings. The van der Waals surface area contributed by atoms with E-state index >= 15 is 0 Å². The number of halogens is 1. The lowest BCUT2D eigenvalue weighted by Gasteiger charge is -2.31. The normalized spacial score (nSPS) is 15.8. The molecule has 7 nitrogen and oxygen atoms in total. The average Bonchev–Trinajstić information content (AvgIpc) is 3.11. The molecule has 0 atom stereocenters. The maximum atomic E-state index is 13.1. The van der Waals surface area contributed by atoms with Crippen LogP contribution >= 0.6 is 0 Å². The number of fused-ring (bicyclic) bond motifs is 1. The maximum Gasteiger partial charge on any atom is 0.244 e. The number of aromatic nitrogens is 3. The summed E-state index contributed by atoms with van der Waals surface area (Å²) in [5.74, 6) is -0.590. The monoisotopic (exact) mass is 402 g/mol. The number of amides is 1. The van der Waals surface area contributed by atoms with Gasteiger partial charge in [-0.25, -0.2) is 17.5 Å². The first-order valence-corrected chi connectivity index (χ1v) is 10.6. The van der Waals surface area contributed by atoms with Crippen LogP contribution in [0, 0.1) is 5.82 Å². The summed E-state index contributed by atoms with van der Waals surface area (Å²) >= 11 is 0. The zero-order valence-corrected chi connectivity index (χ0v) is 15.8. The summed E-state index contributed by atoms with van der Waals surface area (Å²) in [6.45, 7) is 0.781. The summed E-state index contributed by atoms with van der Waals surface area (Å²) in [4.78, 5) is 14.4. The number of hydrogen-bond donors (Lipinski definition) is 0. The van der Waals surface area contributed by atoms with E-state index in [1.807, 2.05) is 24.3 Å². The first kappa shape index (κ1) is 18.5. The van der Waals surface area contributed by atoms with E-state index in [-0.39, 0.29) is 17.3 Å². The molecule has 3 aromatic rings. The molecule has 0 saturated carbocycles. The molecular formula is C19H19FN4O3S. The number of carbonyl (C=O) groups excluding carboxylic acids is 1. The molecule has 28 heavy (non-hydrogen) atoms. The van der Waals surface area contributed by atoms with Crippen molar-refractivity contribution in [3.05, 3.63) is 54.3 Å². The molecular weight excluding hydrogens is 383 g/mol. The van der Waals surface area contributed by atoms with Crippen molar-refractivity contribution in [1.82, 2.24) is 19.9 Å². The summed E-state index contributed by atoms with van der Waals surface area (Å²) in [5, 5.41) is 7.49. The van der Waals surface area contributed by atoms with Gasteiger partial charge in [-0.15, -0.1) is 5.10 Å².